The van der Waals surface area contributed by atoms with E-state index in [4.69, 9.17) is 0 Å². The molecule has 0 fully saturated rings. The van der Waals surface area contributed by atoms with Crippen molar-refractivity contribution < 1.29 is 48.7 Å². The standard InChI is InChI=1S/C16H17N3O.C5H3F10N/c1-19-8-11(18-9-20)6-13-12-3-2-4-14-16(12)10(7-17-14)5-15(13)19;1-16(4(12,13)2(6,7)8)5(14,15)3(9,10)11/h2-4,6-7,9,11,15,17H,5,8H2,1H3,(H,18,20);1H3. The first-order valence-corrected chi connectivity index (χ1v) is 10.3. The fourth-order valence-corrected chi connectivity index (χ4v) is 4.20. The largest absolute Gasteiger partial charge is 0.469 e. The Morgan fingerprint density at radius 1 is 1.03 bits per heavy atom. The van der Waals surface area contributed by atoms with Gasteiger partial charge in [-0.3, -0.25) is 9.69 Å². The maximum Gasteiger partial charge on any atom is 0.469 e. The van der Waals surface area contributed by atoms with E-state index in [-0.39, 0.29) is 6.04 Å². The minimum absolute atomic E-state index is 0.0968. The Labute approximate surface area is 197 Å². The van der Waals surface area contributed by atoms with E-state index in [1.165, 1.54) is 27.6 Å². The molecule has 0 saturated carbocycles. The van der Waals surface area contributed by atoms with Crippen LogP contribution in [0.5, 0.6) is 0 Å². The van der Waals surface area contributed by atoms with Crippen LogP contribution in [0.2, 0.25) is 0 Å². The summed E-state index contributed by atoms with van der Waals surface area (Å²) in [6.07, 6.45) is -6.90. The summed E-state index contributed by atoms with van der Waals surface area (Å²) in [5, 5.41) is 4.23. The smallest absolute Gasteiger partial charge is 0.361 e. The molecule has 1 amide bonds. The lowest BCUT2D eigenvalue weighted by Gasteiger charge is -2.39. The van der Waals surface area contributed by atoms with Crippen molar-refractivity contribution in [2.45, 2.75) is 43.0 Å². The zero-order chi connectivity index (χ0) is 27.3. The second-order valence-electron chi connectivity index (χ2n) is 8.35. The summed E-state index contributed by atoms with van der Waals surface area (Å²) >= 11 is 0. The maximum absolute atomic E-state index is 12.2. The molecule has 2 aromatic rings. The molecule has 1 aromatic carbocycles. The Morgan fingerprint density at radius 3 is 2.14 bits per heavy atom. The molecule has 0 spiro atoms. The third-order valence-electron chi connectivity index (χ3n) is 6.07. The van der Waals surface area contributed by atoms with Gasteiger partial charge in [0.25, 0.3) is 0 Å². The summed E-state index contributed by atoms with van der Waals surface area (Å²) in [5.74, 6) is 0. The molecule has 200 valence electrons. The first kappa shape index (κ1) is 27.8. The van der Waals surface area contributed by atoms with Crippen molar-refractivity contribution in [3.05, 3.63) is 41.6 Å². The topological polar surface area (TPSA) is 51.4 Å². The molecule has 2 heterocycles. The molecule has 1 aromatic heterocycles. The molecule has 1 aliphatic heterocycles. The Balaban J connectivity index is 0.000000208. The number of H-pyrrole nitrogens is 1. The first-order valence-electron chi connectivity index (χ1n) is 10.3. The van der Waals surface area contributed by atoms with Crippen LogP contribution in [0.1, 0.15) is 11.1 Å². The van der Waals surface area contributed by atoms with Crippen LogP contribution in [0.15, 0.2) is 30.5 Å². The number of likely N-dealkylation sites (N-methyl/N-ethyl adjacent to an activating group) is 1. The molecule has 2 aliphatic rings. The van der Waals surface area contributed by atoms with Crippen molar-refractivity contribution in [3.63, 3.8) is 0 Å². The summed E-state index contributed by atoms with van der Waals surface area (Å²) in [6, 6.07) is -5.69. The fourth-order valence-electron chi connectivity index (χ4n) is 4.20. The summed E-state index contributed by atoms with van der Waals surface area (Å²) < 4.78 is 118. The number of aromatic nitrogens is 1. The Bertz CT molecular complexity index is 1110. The van der Waals surface area contributed by atoms with Gasteiger partial charge in [0.1, 0.15) is 0 Å². The van der Waals surface area contributed by atoms with E-state index in [2.05, 4.69) is 52.7 Å². The molecule has 36 heavy (non-hydrogen) atoms. The SMILES string of the molecule is CN(C(F)(F)C(F)(F)F)C(F)(F)C(F)(F)F.CN1CC(NC=O)C=C2c3cccc4[nH]cc(c34)CC21. The van der Waals surface area contributed by atoms with E-state index < -0.39 is 36.4 Å². The van der Waals surface area contributed by atoms with Crippen molar-refractivity contribution in [3.8, 4) is 0 Å². The van der Waals surface area contributed by atoms with Crippen molar-refractivity contribution in [1.82, 2.24) is 20.1 Å². The molecule has 0 bridgehead atoms. The highest BCUT2D eigenvalue weighted by molar-refractivity contribution is 5.98. The highest BCUT2D eigenvalue weighted by Gasteiger charge is 2.73. The molecule has 0 saturated heterocycles. The van der Waals surface area contributed by atoms with Gasteiger partial charge in [-0.05, 0) is 43.3 Å². The Hall–Kier alpha value is -2.81. The van der Waals surface area contributed by atoms with Gasteiger partial charge in [0.05, 0.1) is 6.04 Å². The highest BCUT2D eigenvalue weighted by atomic mass is 19.4. The van der Waals surface area contributed by atoms with Gasteiger partial charge in [-0.25, -0.2) is 0 Å². The van der Waals surface area contributed by atoms with Gasteiger partial charge in [0.2, 0.25) is 6.41 Å². The number of fused-ring (bicyclic) bond motifs is 2. The average Bonchev–Trinajstić information content (AvgIpc) is 3.17. The number of hydrogen-bond donors (Lipinski definition) is 2. The quantitative estimate of drug-likeness (QED) is 0.338. The fraction of sp³-hybridized carbons (Fsp3) is 0.476. The summed E-state index contributed by atoms with van der Waals surface area (Å²) in [7, 11) is 1.45. The second kappa shape index (κ2) is 9.25. The summed E-state index contributed by atoms with van der Waals surface area (Å²) in [4.78, 5) is 14.1. The first-order chi connectivity index (χ1) is 16.4. The third kappa shape index (κ3) is 4.77. The van der Waals surface area contributed by atoms with Crippen LogP contribution >= 0.6 is 0 Å². The monoisotopic (exact) mass is 534 g/mol. The van der Waals surface area contributed by atoms with Crippen LogP contribution in [-0.2, 0) is 11.2 Å². The highest BCUT2D eigenvalue weighted by Crippen LogP contribution is 2.47. The normalized spacial score (nSPS) is 21.0. The van der Waals surface area contributed by atoms with Crippen LogP contribution in [0, 0.1) is 0 Å². The number of nitrogens with zero attached hydrogens (tertiary/aromatic N) is 2. The number of halogens is 10. The van der Waals surface area contributed by atoms with Crippen LogP contribution in [0.25, 0.3) is 16.5 Å². The molecule has 2 unspecified atom stereocenters. The lowest BCUT2D eigenvalue weighted by molar-refractivity contribution is -0.426. The third-order valence-corrected chi connectivity index (χ3v) is 6.07. The number of amides is 1. The summed E-state index contributed by atoms with van der Waals surface area (Å²) in [5.41, 5.74) is 5.24. The molecule has 2 atom stereocenters. The number of carbonyl (C=O) groups excluding carboxylic acids is 1. The van der Waals surface area contributed by atoms with E-state index in [1.807, 2.05) is 0 Å². The van der Waals surface area contributed by atoms with Gasteiger partial charge in [0.15, 0.2) is 0 Å². The lowest BCUT2D eigenvalue weighted by Crippen LogP contribution is -2.62. The molecular weight excluding hydrogens is 514 g/mol. The molecule has 15 heteroatoms. The van der Waals surface area contributed by atoms with Gasteiger partial charge in [0, 0.05) is 29.7 Å². The van der Waals surface area contributed by atoms with Crippen LogP contribution < -0.4 is 5.32 Å². The van der Waals surface area contributed by atoms with E-state index in [0.29, 0.717) is 6.04 Å². The van der Waals surface area contributed by atoms with E-state index >= 15 is 0 Å². The van der Waals surface area contributed by atoms with Crippen LogP contribution in [0.4, 0.5) is 43.9 Å². The molecular formula is C21H20F10N4O. The van der Waals surface area contributed by atoms with Crippen molar-refractivity contribution in [1.29, 1.82) is 0 Å². The van der Waals surface area contributed by atoms with Crippen molar-refractivity contribution >= 4 is 22.9 Å². The number of carbonyl (C=O) groups is 1. The zero-order valence-electron chi connectivity index (χ0n) is 18.6. The predicted molar refractivity (Wildman–Crippen MR) is 109 cm³/mol. The zero-order valence-corrected chi connectivity index (χ0v) is 18.6. The van der Waals surface area contributed by atoms with Gasteiger partial charge in [-0.2, -0.15) is 48.8 Å². The van der Waals surface area contributed by atoms with Gasteiger partial charge < -0.3 is 10.3 Å². The molecule has 4 rings (SSSR count). The number of aromatic amines is 1. The Morgan fingerprint density at radius 2 is 1.61 bits per heavy atom. The Kier molecular flexibility index (Phi) is 7.13. The number of nitrogens with one attached hydrogen (secondary N) is 2. The maximum atomic E-state index is 12.2. The molecule has 0 radical (unpaired) electrons. The minimum Gasteiger partial charge on any atom is -0.361 e. The number of rotatable bonds is 4. The van der Waals surface area contributed by atoms with Crippen molar-refractivity contribution in [2.24, 2.45) is 0 Å². The van der Waals surface area contributed by atoms with Gasteiger partial charge in [-0.1, -0.05) is 18.2 Å². The predicted octanol–water partition coefficient (Wildman–Crippen LogP) is 4.76. The number of hydrogen-bond acceptors (Lipinski definition) is 3. The average molecular weight is 534 g/mol. The number of alkyl halides is 10. The van der Waals surface area contributed by atoms with Crippen molar-refractivity contribution in [2.75, 3.05) is 20.6 Å². The van der Waals surface area contributed by atoms with E-state index in [1.54, 1.807) is 0 Å². The minimum atomic E-state index is -6.55. The van der Waals surface area contributed by atoms with E-state index in [0.717, 1.165) is 19.4 Å². The van der Waals surface area contributed by atoms with Crippen LogP contribution in [-0.4, -0.2) is 78.4 Å². The van der Waals surface area contributed by atoms with E-state index in [9.17, 15) is 48.7 Å². The summed E-state index contributed by atoms with van der Waals surface area (Å²) in [6.45, 7) is 0.864. The lowest BCUT2D eigenvalue weighted by atomic mass is 9.81. The molecule has 1 aliphatic carbocycles. The number of benzene rings is 1. The van der Waals surface area contributed by atoms with Gasteiger partial charge >= 0.3 is 24.4 Å². The van der Waals surface area contributed by atoms with Crippen LogP contribution in [0.3, 0.4) is 0 Å². The van der Waals surface area contributed by atoms with Gasteiger partial charge in [-0.15, -0.1) is 0 Å². The molecule has 2 N–H and O–H groups in total. The molecule has 5 nitrogen and oxygen atoms in total. The second-order valence-corrected chi connectivity index (χ2v) is 8.35.